The lowest BCUT2D eigenvalue weighted by molar-refractivity contribution is 0.431. The number of nitrogens with one attached hydrogen (secondary N) is 1. The second-order valence-corrected chi connectivity index (χ2v) is 6.60. The molecule has 0 amide bonds. The summed E-state index contributed by atoms with van der Waals surface area (Å²) in [5, 5.41) is 14.9. The van der Waals surface area contributed by atoms with E-state index in [9.17, 15) is 14.7 Å². The Bertz CT molecular complexity index is 1270. The quantitative estimate of drug-likeness (QED) is 0.533. The molecule has 6 nitrogen and oxygen atoms in total. The number of H-pyrrole nitrogens is 1. The van der Waals surface area contributed by atoms with Gasteiger partial charge in [-0.05, 0) is 30.7 Å². The van der Waals surface area contributed by atoms with E-state index in [2.05, 4.69) is 10.1 Å². The largest absolute Gasteiger partial charge is 0.491 e. The fraction of sp³-hybridized carbons (Fsp3) is 0.105. The molecule has 0 saturated heterocycles. The summed E-state index contributed by atoms with van der Waals surface area (Å²) in [6.45, 7) is 2.12. The number of benzene rings is 2. The Morgan fingerprint density at radius 2 is 1.88 bits per heavy atom. The molecule has 2 aromatic heterocycles. The van der Waals surface area contributed by atoms with Crippen molar-refractivity contribution in [1.29, 1.82) is 0 Å². The van der Waals surface area contributed by atoms with Crippen LogP contribution in [-0.2, 0) is 6.54 Å². The van der Waals surface area contributed by atoms with Gasteiger partial charge in [0.15, 0.2) is 0 Å². The highest BCUT2D eigenvalue weighted by Crippen LogP contribution is 2.21. The standard InChI is InChI=1S/C19H14ClN3O3/c1-10-2-4-11(5-3-10)9-23-19(26)15-16(18(25)22-23)21-14-8-12(20)6-7-13(14)17(15)24/h2-8H,9H2,1H3,(H,21,24)(H,22,25). The number of aryl methyl sites for hydroxylation is 1. The molecule has 0 aliphatic heterocycles. The molecule has 7 heteroatoms. The number of hydrogen-bond donors (Lipinski definition) is 2. The number of aromatic amines is 1. The highest BCUT2D eigenvalue weighted by molar-refractivity contribution is 6.31. The molecule has 26 heavy (non-hydrogen) atoms. The van der Waals surface area contributed by atoms with Crippen molar-refractivity contribution < 1.29 is 5.11 Å². The van der Waals surface area contributed by atoms with Gasteiger partial charge in [-0.25, -0.2) is 4.68 Å². The molecule has 0 radical (unpaired) electrons. The highest BCUT2D eigenvalue weighted by Gasteiger charge is 2.16. The number of fused-ring (bicyclic) bond motifs is 2. The van der Waals surface area contributed by atoms with Crippen molar-refractivity contribution in [3.8, 4) is 5.88 Å². The molecule has 2 aromatic carbocycles. The third-order valence-corrected chi connectivity index (χ3v) is 4.54. The maximum atomic E-state index is 12.8. The first-order valence-electron chi connectivity index (χ1n) is 7.95. The monoisotopic (exact) mass is 367 g/mol. The first-order chi connectivity index (χ1) is 12.4. The third kappa shape index (κ3) is 2.64. The molecular formula is C19H14ClN3O3. The summed E-state index contributed by atoms with van der Waals surface area (Å²) in [6.07, 6.45) is 0. The number of aromatic hydroxyl groups is 1. The fourth-order valence-corrected chi connectivity index (χ4v) is 3.12. The van der Waals surface area contributed by atoms with Gasteiger partial charge in [-0.1, -0.05) is 41.4 Å². The summed E-state index contributed by atoms with van der Waals surface area (Å²) >= 11 is 5.95. The summed E-state index contributed by atoms with van der Waals surface area (Å²) in [5.74, 6) is -0.411. The molecule has 0 bridgehead atoms. The van der Waals surface area contributed by atoms with Crippen LogP contribution < -0.4 is 11.0 Å². The van der Waals surface area contributed by atoms with E-state index in [1.54, 1.807) is 18.2 Å². The van der Waals surface area contributed by atoms with Gasteiger partial charge in [0, 0.05) is 10.4 Å². The second kappa shape index (κ2) is 6.00. The Balaban J connectivity index is 1.98. The zero-order valence-electron chi connectivity index (χ0n) is 13.8. The van der Waals surface area contributed by atoms with Crippen molar-refractivity contribution >= 4 is 33.4 Å². The third-order valence-electron chi connectivity index (χ3n) is 4.30. The number of aromatic nitrogens is 3. The van der Waals surface area contributed by atoms with Crippen LogP contribution in [0.3, 0.4) is 0 Å². The van der Waals surface area contributed by atoms with Crippen molar-refractivity contribution in [3.63, 3.8) is 0 Å². The van der Waals surface area contributed by atoms with Crippen LogP contribution in [0, 0.1) is 6.92 Å². The number of nitrogens with zero attached hydrogens (tertiary/aromatic N) is 2. The molecule has 2 heterocycles. The second-order valence-electron chi connectivity index (χ2n) is 6.17. The van der Waals surface area contributed by atoms with Gasteiger partial charge in [-0.2, -0.15) is 0 Å². The maximum absolute atomic E-state index is 12.8. The van der Waals surface area contributed by atoms with Crippen LogP contribution in [0.4, 0.5) is 0 Å². The summed E-state index contributed by atoms with van der Waals surface area (Å²) in [7, 11) is 0. The lowest BCUT2D eigenvalue weighted by Gasteiger charge is -2.09. The lowest BCUT2D eigenvalue weighted by Crippen LogP contribution is -2.28. The van der Waals surface area contributed by atoms with Crippen molar-refractivity contribution in [2.45, 2.75) is 13.5 Å². The minimum atomic E-state index is -0.559. The van der Waals surface area contributed by atoms with E-state index in [0.29, 0.717) is 15.9 Å². The zero-order valence-corrected chi connectivity index (χ0v) is 14.5. The van der Waals surface area contributed by atoms with Gasteiger partial charge < -0.3 is 10.1 Å². The zero-order chi connectivity index (χ0) is 18.4. The number of halogens is 1. The van der Waals surface area contributed by atoms with Crippen LogP contribution in [-0.4, -0.2) is 19.9 Å². The average molecular weight is 368 g/mol. The molecule has 0 saturated carbocycles. The van der Waals surface area contributed by atoms with Gasteiger partial charge in [-0.3, -0.25) is 9.59 Å². The minimum absolute atomic E-state index is 0.00919. The van der Waals surface area contributed by atoms with Crippen LogP contribution in [0.5, 0.6) is 5.88 Å². The SMILES string of the molecule is Cc1ccc(Cn2nc(O)c3[nH]c4cc(Cl)ccc4c(=O)c3c2=O)cc1. The molecule has 4 aromatic rings. The van der Waals surface area contributed by atoms with Gasteiger partial charge in [0.1, 0.15) is 10.9 Å². The van der Waals surface area contributed by atoms with Crippen molar-refractivity contribution in [2.24, 2.45) is 0 Å². The van der Waals surface area contributed by atoms with Gasteiger partial charge >= 0.3 is 0 Å². The van der Waals surface area contributed by atoms with Crippen molar-refractivity contribution in [3.05, 3.63) is 79.2 Å². The van der Waals surface area contributed by atoms with Gasteiger partial charge in [0.2, 0.25) is 5.43 Å². The van der Waals surface area contributed by atoms with E-state index in [-0.39, 0.29) is 17.4 Å². The normalized spacial score (nSPS) is 11.3. The van der Waals surface area contributed by atoms with Crippen LogP contribution in [0.25, 0.3) is 21.8 Å². The van der Waals surface area contributed by atoms with Crippen LogP contribution in [0.2, 0.25) is 5.02 Å². The molecule has 130 valence electrons. The molecule has 0 spiro atoms. The minimum Gasteiger partial charge on any atom is -0.491 e. The topological polar surface area (TPSA) is 88.0 Å². The molecule has 4 rings (SSSR count). The Hall–Kier alpha value is -3.12. The van der Waals surface area contributed by atoms with Crippen LogP contribution in [0.1, 0.15) is 11.1 Å². The van der Waals surface area contributed by atoms with Gasteiger partial charge in [-0.15, -0.1) is 5.10 Å². The fourth-order valence-electron chi connectivity index (χ4n) is 2.95. The molecule has 0 fully saturated rings. The predicted octanol–water partition coefficient (Wildman–Crippen LogP) is 2.95. The first-order valence-corrected chi connectivity index (χ1v) is 8.33. The number of rotatable bonds is 2. The van der Waals surface area contributed by atoms with Crippen LogP contribution >= 0.6 is 11.6 Å². The maximum Gasteiger partial charge on any atom is 0.280 e. The van der Waals surface area contributed by atoms with E-state index < -0.39 is 16.9 Å². The number of hydrogen-bond acceptors (Lipinski definition) is 4. The van der Waals surface area contributed by atoms with Gasteiger partial charge in [0.05, 0.1) is 12.1 Å². The molecular weight excluding hydrogens is 354 g/mol. The predicted molar refractivity (Wildman–Crippen MR) is 101 cm³/mol. The smallest absolute Gasteiger partial charge is 0.280 e. The average Bonchev–Trinajstić information content (AvgIpc) is 2.61. The van der Waals surface area contributed by atoms with E-state index in [4.69, 9.17) is 11.6 Å². The van der Waals surface area contributed by atoms with Gasteiger partial charge in [0.25, 0.3) is 11.4 Å². The molecule has 2 N–H and O–H groups in total. The molecule has 0 atom stereocenters. The van der Waals surface area contributed by atoms with Crippen molar-refractivity contribution in [1.82, 2.24) is 14.8 Å². The first kappa shape index (κ1) is 16.4. The summed E-state index contributed by atoms with van der Waals surface area (Å²) in [5.41, 5.74) is 1.35. The molecule has 0 aliphatic carbocycles. The van der Waals surface area contributed by atoms with E-state index in [1.165, 1.54) is 0 Å². The number of pyridine rings is 1. The van der Waals surface area contributed by atoms with Crippen LogP contribution in [0.15, 0.2) is 52.1 Å². The Kier molecular flexibility index (Phi) is 3.77. The summed E-state index contributed by atoms with van der Waals surface area (Å²) in [6, 6.07) is 12.3. The lowest BCUT2D eigenvalue weighted by atomic mass is 10.1. The van der Waals surface area contributed by atoms with E-state index in [1.807, 2.05) is 31.2 Å². The van der Waals surface area contributed by atoms with Crippen molar-refractivity contribution in [2.75, 3.05) is 0 Å². The summed E-state index contributed by atoms with van der Waals surface area (Å²) in [4.78, 5) is 28.5. The summed E-state index contributed by atoms with van der Waals surface area (Å²) < 4.78 is 1.10. The van der Waals surface area contributed by atoms with E-state index >= 15 is 0 Å². The Morgan fingerprint density at radius 3 is 2.62 bits per heavy atom. The Labute approximate surface area is 152 Å². The molecule has 0 aliphatic rings. The Morgan fingerprint density at radius 1 is 1.15 bits per heavy atom. The van der Waals surface area contributed by atoms with E-state index in [0.717, 1.165) is 15.8 Å². The molecule has 0 unspecified atom stereocenters. The highest BCUT2D eigenvalue weighted by atomic mass is 35.5.